The summed E-state index contributed by atoms with van der Waals surface area (Å²) in [5, 5.41) is 9.35. The fraction of sp³-hybridized carbons (Fsp3) is 0.562. The van der Waals surface area contributed by atoms with Crippen LogP contribution in [0.25, 0.3) is 0 Å². The van der Waals surface area contributed by atoms with Crippen LogP contribution in [0.15, 0.2) is 18.2 Å². The number of carboxylic acid groups (broad SMARTS) is 1. The van der Waals surface area contributed by atoms with Gasteiger partial charge in [-0.25, -0.2) is 0 Å². The monoisotopic (exact) mass is 259 g/mol. The Morgan fingerprint density at radius 1 is 1.37 bits per heavy atom. The van der Waals surface area contributed by atoms with Crippen molar-refractivity contribution in [1.82, 2.24) is 4.90 Å². The van der Waals surface area contributed by atoms with Crippen LogP contribution in [0.4, 0.5) is 0 Å². The highest BCUT2D eigenvalue weighted by Crippen LogP contribution is 2.28. The fourth-order valence-corrected chi connectivity index (χ4v) is 3.56. The highest BCUT2D eigenvalue weighted by molar-refractivity contribution is 5.74. The molecule has 0 spiro atoms. The summed E-state index contributed by atoms with van der Waals surface area (Å²) in [6, 6.07) is 6.37. The van der Waals surface area contributed by atoms with E-state index < -0.39 is 5.97 Å². The topological polar surface area (TPSA) is 40.5 Å². The number of likely N-dealkylation sites (tertiary alicyclic amines) is 1. The molecule has 1 saturated heterocycles. The Morgan fingerprint density at radius 2 is 2.16 bits per heavy atom. The van der Waals surface area contributed by atoms with Crippen molar-refractivity contribution in [3.63, 3.8) is 0 Å². The lowest BCUT2D eigenvalue weighted by atomic mass is 10.0. The molecule has 2 aliphatic rings. The molecular formula is C16H21NO2. The van der Waals surface area contributed by atoms with Crippen LogP contribution in [-0.4, -0.2) is 28.6 Å². The molecule has 0 amide bonds. The summed E-state index contributed by atoms with van der Waals surface area (Å²) >= 11 is 0. The molecular weight excluding hydrogens is 238 g/mol. The number of carboxylic acids is 1. The summed E-state index contributed by atoms with van der Waals surface area (Å²) in [5.74, 6) is -0.418. The number of carbonyl (C=O) groups is 1. The summed E-state index contributed by atoms with van der Waals surface area (Å²) in [6.07, 6.45) is 4.63. The molecule has 19 heavy (non-hydrogen) atoms. The predicted molar refractivity (Wildman–Crippen MR) is 74.1 cm³/mol. The minimum absolute atomic E-state index is 0.256. The van der Waals surface area contributed by atoms with Crippen LogP contribution in [0.1, 0.15) is 36.5 Å². The lowest BCUT2D eigenvalue weighted by Gasteiger charge is -2.23. The van der Waals surface area contributed by atoms with E-state index in [0.29, 0.717) is 0 Å². The van der Waals surface area contributed by atoms with Crippen molar-refractivity contribution in [2.24, 2.45) is 5.92 Å². The molecule has 1 fully saturated rings. The molecule has 2 atom stereocenters. The molecule has 3 heteroatoms. The number of fused-ring (bicyclic) bond motifs is 1. The van der Waals surface area contributed by atoms with Gasteiger partial charge in [-0.15, -0.1) is 0 Å². The van der Waals surface area contributed by atoms with Crippen LogP contribution in [0, 0.1) is 5.92 Å². The van der Waals surface area contributed by atoms with Crippen LogP contribution in [0.5, 0.6) is 0 Å². The number of nitrogens with zero attached hydrogens (tertiary/aromatic N) is 1. The van der Waals surface area contributed by atoms with Gasteiger partial charge in [-0.05, 0) is 54.8 Å². The molecule has 0 aromatic heterocycles. The average molecular weight is 259 g/mol. The summed E-state index contributed by atoms with van der Waals surface area (Å²) in [7, 11) is 0. The highest BCUT2D eigenvalue weighted by atomic mass is 16.4. The van der Waals surface area contributed by atoms with Crippen LogP contribution in [0.2, 0.25) is 0 Å². The van der Waals surface area contributed by atoms with Gasteiger partial charge >= 0.3 is 5.97 Å². The Hall–Kier alpha value is -1.35. The quantitative estimate of drug-likeness (QED) is 0.906. The Labute approximate surface area is 114 Å². The first-order valence-electron chi connectivity index (χ1n) is 7.22. The second-order valence-corrected chi connectivity index (χ2v) is 5.98. The number of hydrogen-bond donors (Lipinski definition) is 1. The molecule has 102 valence electrons. The molecule has 0 bridgehead atoms. The first kappa shape index (κ1) is 12.7. The van der Waals surface area contributed by atoms with Crippen molar-refractivity contribution < 1.29 is 9.90 Å². The maximum atomic E-state index is 11.4. The van der Waals surface area contributed by atoms with E-state index in [4.69, 9.17) is 0 Å². The van der Waals surface area contributed by atoms with Crippen molar-refractivity contribution in [3.05, 3.63) is 34.9 Å². The molecule has 1 aromatic carbocycles. The van der Waals surface area contributed by atoms with Gasteiger partial charge in [-0.3, -0.25) is 9.69 Å². The highest BCUT2D eigenvalue weighted by Gasteiger charge is 2.36. The second-order valence-electron chi connectivity index (χ2n) is 5.98. The number of aliphatic carboxylic acids is 1. The van der Waals surface area contributed by atoms with Gasteiger partial charge in [-0.2, -0.15) is 0 Å². The van der Waals surface area contributed by atoms with Gasteiger partial charge < -0.3 is 5.11 Å². The maximum absolute atomic E-state index is 11.4. The third-order valence-corrected chi connectivity index (χ3v) is 4.61. The maximum Gasteiger partial charge on any atom is 0.321 e. The summed E-state index contributed by atoms with van der Waals surface area (Å²) in [5.41, 5.74) is 4.21. The minimum Gasteiger partial charge on any atom is -0.480 e. The van der Waals surface area contributed by atoms with Crippen molar-refractivity contribution in [3.8, 4) is 0 Å². The van der Waals surface area contributed by atoms with Gasteiger partial charge in [0.1, 0.15) is 6.04 Å². The zero-order chi connectivity index (χ0) is 13.4. The van der Waals surface area contributed by atoms with Crippen molar-refractivity contribution >= 4 is 5.97 Å². The van der Waals surface area contributed by atoms with Crippen LogP contribution < -0.4 is 0 Å². The number of aryl methyl sites for hydroxylation is 2. The molecule has 0 radical (unpaired) electrons. The van der Waals surface area contributed by atoms with Crippen LogP contribution in [0.3, 0.4) is 0 Å². The SMILES string of the molecule is CC1CCN(Cc2ccc3c(c2)CCC3)C1C(=O)O. The van der Waals surface area contributed by atoms with E-state index in [-0.39, 0.29) is 12.0 Å². The zero-order valence-corrected chi connectivity index (χ0v) is 11.4. The Balaban J connectivity index is 1.76. The van der Waals surface area contributed by atoms with E-state index >= 15 is 0 Å². The van der Waals surface area contributed by atoms with E-state index in [1.807, 2.05) is 6.92 Å². The first-order valence-corrected chi connectivity index (χ1v) is 7.22. The largest absolute Gasteiger partial charge is 0.480 e. The lowest BCUT2D eigenvalue weighted by Crippen LogP contribution is -2.38. The van der Waals surface area contributed by atoms with E-state index in [1.54, 1.807) is 0 Å². The Bertz CT molecular complexity index is 498. The molecule has 1 aromatic rings. The molecule has 3 nitrogen and oxygen atoms in total. The molecule has 3 rings (SSSR count). The van der Waals surface area contributed by atoms with Crippen molar-refractivity contribution in [2.45, 2.75) is 45.2 Å². The first-order chi connectivity index (χ1) is 9.15. The van der Waals surface area contributed by atoms with Crippen LogP contribution in [-0.2, 0) is 24.2 Å². The van der Waals surface area contributed by atoms with E-state index in [1.165, 1.54) is 36.0 Å². The Morgan fingerprint density at radius 3 is 2.95 bits per heavy atom. The van der Waals surface area contributed by atoms with Gasteiger partial charge in [0.2, 0.25) is 0 Å². The number of hydrogen-bond acceptors (Lipinski definition) is 2. The summed E-state index contributed by atoms with van der Waals surface area (Å²) in [4.78, 5) is 13.5. The minimum atomic E-state index is -0.675. The average Bonchev–Trinajstić information content (AvgIpc) is 2.95. The van der Waals surface area contributed by atoms with E-state index in [0.717, 1.165) is 19.5 Å². The van der Waals surface area contributed by atoms with Gasteiger partial charge in [0.05, 0.1) is 0 Å². The van der Waals surface area contributed by atoms with Gasteiger partial charge in [-0.1, -0.05) is 25.1 Å². The third-order valence-electron chi connectivity index (χ3n) is 4.61. The molecule has 1 aliphatic carbocycles. The third kappa shape index (κ3) is 2.39. The van der Waals surface area contributed by atoms with Gasteiger partial charge in [0.15, 0.2) is 0 Å². The van der Waals surface area contributed by atoms with Crippen LogP contribution >= 0.6 is 0 Å². The van der Waals surface area contributed by atoms with Gasteiger partial charge in [0, 0.05) is 6.54 Å². The van der Waals surface area contributed by atoms with E-state index in [9.17, 15) is 9.90 Å². The Kier molecular flexibility index (Phi) is 3.31. The molecule has 2 unspecified atom stereocenters. The van der Waals surface area contributed by atoms with Gasteiger partial charge in [0.25, 0.3) is 0 Å². The zero-order valence-electron chi connectivity index (χ0n) is 11.4. The predicted octanol–water partition coefficient (Wildman–Crippen LogP) is 2.47. The van der Waals surface area contributed by atoms with E-state index in [2.05, 4.69) is 23.1 Å². The molecule has 0 saturated carbocycles. The molecule has 1 heterocycles. The summed E-state index contributed by atoms with van der Waals surface area (Å²) in [6.45, 7) is 3.71. The summed E-state index contributed by atoms with van der Waals surface area (Å²) < 4.78 is 0. The molecule has 1 aliphatic heterocycles. The molecule has 1 N–H and O–H groups in total. The standard InChI is InChI=1S/C16H21NO2/c1-11-7-8-17(15(11)16(18)19)10-12-5-6-13-3-2-4-14(13)9-12/h5-6,9,11,15H,2-4,7-8,10H2,1H3,(H,18,19). The van der Waals surface area contributed by atoms with Crippen molar-refractivity contribution in [2.75, 3.05) is 6.54 Å². The lowest BCUT2D eigenvalue weighted by molar-refractivity contribution is -0.143. The smallest absolute Gasteiger partial charge is 0.321 e. The number of benzene rings is 1. The number of rotatable bonds is 3. The normalized spacial score (nSPS) is 26.6. The fourth-order valence-electron chi connectivity index (χ4n) is 3.56. The second kappa shape index (κ2) is 4.97. The van der Waals surface area contributed by atoms with Crippen molar-refractivity contribution in [1.29, 1.82) is 0 Å².